The van der Waals surface area contributed by atoms with Gasteiger partial charge in [0.05, 0.1) is 18.5 Å². The number of aromatic nitrogens is 2. The van der Waals surface area contributed by atoms with Crippen molar-refractivity contribution >= 4 is 17.6 Å². The number of carbonyl (C=O) groups is 2. The molecule has 33 heavy (non-hydrogen) atoms. The Morgan fingerprint density at radius 1 is 1.09 bits per heavy atom. The second kappa shape index (κ2) is 8.61. The SMILES string of the molecule is COc1ccc(CNC(=O)n2nc(-c3ccc(NC(=O)C4CC4)cc3O)cc2C2CC2)cc1. The summed E-state index contributed by atoms with van der Waals surface area (Å²) in [5.41, 5.74) is 3.37. The van der Waals surface area contributed by atoms with Crippen LogP contribution in [0, 0.1) is 5.92 Å². The number of phenolic OH excluding ortho intramolecular Hbond substituents is 1. The topological polar surface area (TPSA) is 105 Å². The van der Waals surface area contributed by atoms with Gasteiger partial charge in [-0.25, -0.2) is 4.79 Å². The van der Waals surface area contributed by atoms with Crippen molar-refractivity contribution in [1.29, 1.82) is 0 Å². The second-order valence-corrected chi connectivity index (χ2v) is 8.64. The lowest BCUT2D eigenvalue weighted by atomic mass is 10.1. The van der Waals surface area contributed by atoms with Crippen molar-refractivity contribution < 1.29 is 19.4 Å². The molecule has 0 atom stereocenters. The Kier molecular flexibility index (Phi) is 5.50. The number of phenols is 1. The largest absolute Gasteiger partial charge is 0.507 e. The Hall–Kier alpha value is -3.81. The number of ether oxygens (including phenoxy) is 1. The van der Waals surface area contributed by atoms with Crippen LogP contribution in [0.25, 0.3) is 11.3 Å². The molecule has 0 aliphatic heterocycles. The number of carbonyl (C=O) groups excluding carboxylic acids is 2. The quantitative estimate of drug-likeness (QED) is 0.503. The van der Waals surface area contributed by atoms with E-state index in [1.807, 2.05) is 30.3 Å². The van der Waals surface area contributed by atoms with Gasteiger partial charge in [0.1, 0.15) is 11.5 Å². The van der Waals surface area contributed by atoms with Gasteiger partial charge in [-0.3, -0.25) is 4.79 Å². The first-order valence-electron chi connectivity index (χ1n) is 11.2. The molecule has 170 valence electrons. The molecule has 2 amide bonds. The lowest BCUT2D eigenvalue weighted by molar-refractivity contribution is -0.117. The van der Waals surface area contributed by atoms with Crippen LogP contribution in [-0.2, 0) is 11.3 Å². The Labute approximate surface area is 191 Å². The molecule has 0 bridgehead atoms. The molecule has 8 nitrogen and oxygen atoms in total. The van der Waals surface area contributed by atoms with Gasteiger partial charge in [-0.05, 0) is 61.6 Å². The number of nitrogens with zero attached hydrogens (tertiary/aromatic N) is 2. The fourth-order valence-corrected chi connectivity index (χ4v) is 3.77. The summed E-state index contributed by atoms with van der Waals surface area (Å²) in [6, 6.07) is 14.0. The van der Waals surface area contributed by atoms with Crippen LogP contribution in [0.2, 0.25) is 0 Å². The number of amides is 2. The van der Waals surface area contributed by atoms with E-state index in [2.05, 4.69) is 15.7 Å². The van der Waals surface area contributed by atoms with Crippen LogP contribution in [-0.4, -0.2) is 33.9 Å². The van der Waals surface area contributed by atoms with Crippen LogP contribution in [0.3, 0.4) is 0 Å². The van der Waals surface area contributed by atoms with Crippen LogP contribution in [0.15, 0.2) is 48.5 Å². The highest BCUT2D eigenvalue weighted by atomic mass is 16.5. The maximum atomic E-state index is 12.9. The van der Waals surface area contributed by atoms with Gasteiger partial charge >= 0.3 is 6.03 Å². The van der Waals surface area contributed by atoms with Crippen molar-refractivity contribution in [3.8, 4) is 22.8 Å². The molecule has 3 aromatic rings. The number of hydrogen-bond acceptors (Lipinski definition) is 5. The Morgan fingerprint density at radius 2 is 1.85 bits per heavy atom. The average Bonchev–Trinajstić information content (AvgIpc) is 3.75. The third kappa shape index (κ3) is 4.69. The molecule has 2 aromatic carbocycles. The van der Waals surface area contributed by atoms with Gasteiger partial charge in [-0.2, -0.15) is 9.78 Å². The highest BCUT2D eigenvalue weighted by molar-refractivity contribution is 5.94. The summed E-state index contributed by atoms with van der Waals surface area (Å²) in [4.78, 5) is 24.9. The van der Waals surface area contributed by atoms with Crippen molar-refractivity contribution in [3.63, 3.8) is 0 Å². The minimum absolute atomic E-state index is 0.00855. The summed E-state index contributed by atoms with van der Waals surface area (Å²) in [6.07, 6.45) is 3.85. The van der Waals surface area contributed by atoms with E-state index in [-0.39, 0.29) is 29.5 Å². The highest BCUT2D eigenvalue weighted by Crippen LogP contribution is 2.42. The number of nitrogens with one attached hydrogen (secondary N) is 2. The zero-order valence-electron chi connectivity index (χ0n) is 18.4. The zero-order valence-corrected chi connectivity index (χ0v) is 18.4. The van der Waals surface area contributed by atoms with Gasteiger partial charge in [0.2, 0.25) is 5.91 Å². The molecule has 5 rings (SSSR count). The molecule has 0 saturated heterocycles. The van der Waals surface area contributed by atoms with Crippen LogP contribution >= 0.6 is 0 Å². The van der Waals surface area contributed by atoms with E-state index in [9.17, 15) is 14.7 Å². The number of aromatic hydroxyl groups is 1. The predicted molar refractivity (Wildman–Crippen MR) is 123 cm³/mol. The molecule has 0 spiro atoms. The average molecular weight is 447 g/mol. The van der Waals surface area contributed by atoms with Gasteiger partial charge in [0, 0.05) is 35.7 Å². The maximum Gasteiger partial charge on any atom is 0.342 e. The van der Waals surface area contributed by atoms with Crippen LogP contribution in [0.1, 0.15) is 42.9 Å². The molecular weight excluding hydrogens is 420 g/mol. The summed E-state index contributed by atoms with van der Waals surface area (Å²) < 4.78 is 6.57. The Morgan fingerprint density at radius 3 is 2.48 bits per heavy atom. The lowest BCUT2D eigenvalue weighted by Gasteiger charge is -2.09. The van der Waals surface area contributed by atoms with E-state index in [1.165, 1.54) is 10.7 Å². The molecule has 0 unspecified atom stereocenters. The van der Waals surface area contributed by atoms with Crippen molar-refractivity contribution in [2.75, 3.05) is 12.4 Å². The Bertz CT molecular complexity index is 1190. The van der Waals surface area contributed by atoms with Crippen molar-refractivity contribution in [2.45, 2.75) is 38.1 Å². The first-order valence-corrected chi connectivity index (χ1v) is 11.2. The summed E-state index contributed by atoms with van der Waals surface area (Å²) >= 11 is 0. The monoisotopic (exact) mass is 446 g/mol. The first-order chi connectivity index (χ1) is 16.0. The number of hydrogen-bond donors (Lipinski definition) is 3. The van der Waals surface area contributed by atoms with E-state index in [4.69, 9.17) is 4.74 Å². The van der Waals surface area contributed by atoms with Crippen molar-refractivity contribution in [1.82, 2.24) is 15.1 Å². The minimum atomic E-state index is -0.313. The fraction of sp³-hybridized carbons (Fsp3) is 0.320. The summed E-state index contributed by atoms with van der Waals surface area (Å²) in [5.74, 6) is 1.12. The Balaban J connectivity index is 1.33. The normalized spacial score (nSPS) is 15.2. The summed E-state index contributed by atoms with van der Waals surface area (Å²) in [5, 5.41) is 20.8. The molecule has 1 heterocycles. The number of methoxy groups -OCH3 is 1. The maximum absolute atomic E-state index is 12.9. The fourth-order valence-electron chi connectivity index (χ4n) is 3.77. The molecule has 2 aliphatic carbocycles. The molecule has 0 radical (unpaired) electrons. The van der Waals surface area contributed by atoms with Gasteiger partial charge in [-0.15, -0.1) is 0 Å². The third-order valence-electron chi connectivity index (χ3n) is 6.02. The van der Waals surface area contributed by atoms with Crippen molar-refractivity contribution in [3.05, 3.63) is 59.8 Å². The number of rotatable bonds is 7. The molecule has 1 aromatic heterocycles. The lowest BCUT2D eigenvalue weighted by Crippen LogP contribution is -2.30. The number of anilines is 1. The summed E-state index contributed by atoms with van der Waals surface area (Å²) in [6.45, 7) is 0.364. The van der Waals surface area contributed by atoms with Gasteiger partial charge in [0.15, 0.2) is 0 Å². The van der Waals surface area contributed by atoms with E-state index in [0.717, 1.165) is 42.7 Å². The van der Waals surface area contributed by atoms with Gasteiger partial charge in [0.25, 0.3) is 0 Å². The minimum Gasteiger partial charge on any atom is -0.507 e. The van der Waals surface area contributed by atoms with E-state index in [1.54, 1.807) is 19.2 Å². The molecular formula is C25H26N4O4. The molecule has 2 saturated carbocycles. The predicted octanol–water partition coefficient (Wildman–Crippen LogP) is 4.25. The second-order valence-electron chi connectivity index (χ2n) is 8.64. The number of benzene rings is 2. The molecule has 2 aliphatic rings. The van der Waals surface area contributed by atoms with Crippen molar-refractivity contribution in [2.24, 2.45) is 5.92 Å². The highest BCUT2D eigenvalue weighted by Gasteiger charge is 2.31. The smallest absolute Gasteiger partial charge is 0.342 e. The molecule has 2 fully saturated rings. The standard InChI is InChI=1S/C25H26N4O4/c1-33-19-9-2-15(3-10-19)14-26-25(32)29-22(16-4-5-16)13-21(28-29)20-11-8-18(12-23(20)30)27-24(31)17-6-7-17/h2-3,8-13,16-17,30H,4-7,14H2,1H3,(H,26,32)(H,27,31). The molecule has 3 N–H and O–H groups in total. The van der Waals surface area contributed by atoms with Gasteiger partial charge in [-0.1, -0.05) is 12.1 Å². The summed E-state index contributed by atoms with van der Waals surface area (Å²) in [7, 11) is 1.61. The first kappa shape index (κ1) is 21.1. The van der Waals surface area contributed by atoms with E-state index < -0.39 is 0 Å². The van der Waals surface area contributed by atoms with E-state index in [0.29, 0.717) is 23.5 Å². The van der Waals surface area contributed by atoms with Crippen LogP contribution in [0.5, 0.6) is 11.5 Å². The third-order valence-corrected chi connectivity index (χ3v) is 6.02. The van der Waals surface area contributed by atoms with E-state index >= 15 is 0 Å². The zero-order chi connectivity index (χ0) is 22.9. The van der Waals surface area contributed by atoms with Crippen LogP contribution < -0.4 is 15.4 Å². The van der Waals surface area contributed by atoms with Gasteiger partial charge < -0.3 is 20.5 Å². The van der Waals surface area contributed by atoms with Crippen LogP contribution in [0.4, 0.5) is 10.5 Å². The molecule has 8 heteroatoms.